The Bertz CT molecular complexity index is 951. The Morgan fingerprint density at radius 2 is 1.69 bits per heavy atom. The van der Waals surface area contributed by atoms with Gasteiger partial charge in [0.25, 0.3) is 5.91 Å². The quantitative estimate of drug-likeness (QED) is 0.606. The van der Waals surface area contributed by atoms with Crippen LogP contribution in [-0.4, -0.2) is 41.5 Å². The van der Waals surface area contributed by atoms with Crippen LogP contribution in [0, 0.1) is 6.92 Å². The average Bonchev–Trinajstić information content (AvgIpc) is 2.73. The molecule has 0 saturated heterocycles. The molecule has 2 N–H and O–H groups in total. The third kappa shape index (κ3) is 7.27. The van der Waals surface area contributed by atoms with Gasteiger partial charge in [0.1, 0.15) is 18.2 Å². The minimum atomic E-state index is -0.915. The van der Waals surface area contributed by atoms with Gasteiger partial charge in [0.15, 0.2) is 0 Å². The zero-order chi connectivity index (χ0) is 23.7. The first kappa shape index (κ1) is 24.7. The maximum atomic E-state index is 13.4. The van der Waals surface area contributed by atoms with E-state index in [2.05, 4.69) is 17.2 Å². The molecule has 0 fully saturated rings. The number of benzene rings is 2. The monoisotopic (exact) mass is 437 g/mol. The fraction of sp³-hybridized carbons (Fsp3) is 0.320. The van der Waals surface area contributed by atoms with Crippen LogP contribution in [0.25, 0.3) is 0 Å². The van der Waals surface area contributed by atoms with E-state index in [1.807, 2.05) is 31.2 Å². The number of ether oxygens (including phenoxy) is 1. The van der Waals surface area contributed by atoms with Crippen molar-refractivity contribution in [3.63, 3.8) is 0 Å². The zero-order valence-electron chi connectivity index (χ0n) is 19.1. The number of nitrogens with one attached hydrogen (secondary N) is 2. The van der Waals surface area contributed by atoms with E-state index in [4.69, 9.17) is 4.74 Å². The van der Waals surface area contributed by atoms with Crippen LogP contribution in [0.2, 0.25) is 0 Å². The normalized spacial score (nSPS) is 11.8. The number of carbonyl (C=O) groups excluding carboxylic acids is 3. The highest BCUT2D eigenvalue weighted by atomic mass is 16.6. The molecule has 0 spiro atoms. The number of rotatable bonds is 8. The van der Waals surface area contributed by atoms with E-state index in [0.717, 1.165) is 5.56 Å². The molecule has 0 aliphatic rings. The van der Waals surface area contributed by atoms with E-state index < -0.39 is 23.6 Å². The van der Waals surface area contributed by atoms with Crippen LogP contribution in [0.15, 0.2) is 67.3 Å². The number of alkyl carbamates (subject to hydrolysis) is 1. The van der Waals surface area contributed by atoms with E-state index in [1.165, 1.54) is 4.90 Å². The molecule has 0 aliphatic carbocycles. The Kier molecular flexibility index (Phi) is 8.58. The van der Waals surface area contributed by atoms with Crippen LogP contribution in [-0.2, 0) is 14.3 Å². The van der Waals surface area contributed by atoms with Gasteiger partial charge in [0.2, 0.25) is 5.91 Å². The summed E-state index contributed by atoms with van der Waals surface area (Å²) in [7, 11) is 0. The zero-order valence-corrected chi connectivity index (χ0v) is 19.1. The molecule has 2 aromatic carbocycles. The number of para-hydroxylation sites is 1. The Labute approximate surface area is 189 Å². The van der Waals surface area contributed by atoms with Crippen molar-refractivity contribution < 1.29 is 19.1 Å². The average molecular weight is 438 g/mol. The largest absolute Gasteiger partial charge is 0.444 e. The fourth-order valence-corrected chi connectivity index (χ4v) is 3.08. The van der Waals surface area contributed by atoms with Gasteiger partial charge in [-0.1, -0.05) is 54.6 Å². The summed E-state index contributed by atoms with van der Waals surface area (Å²) in [5.74, 6) is -0.803. The lowest BCUT2D eigenvalue weighted by Gasteiger charge is -2.31. The summed E-state index contributed by atoms with van der Waals surface area (Å²) < 4.78 is 5.19. The SMILES string of the molecule is C=CCN(C(=O)CNC(=O)OC(C)(C)C)C(C(=O)Nc1ccccc1C)c1ccccc1. The standard InChI is InChI=1S/C25H31N3O4/c1-6-16-28(21(29)17-26-24(31)32-25(3,4)5)22(19-13-8-7-9-14-19)23(30)27-20-15-11-10-12-18(20)2/h6-15,22H,1,16-17H2,2-5H3,(H,26,31)(H,27,30). The molecule has 7 heteroatoms. The lowest BCUT2D eigenvalue weighted by Crippen LogP contribution is -2.46. The summed E-state index contributed by atoms with van der Waals surface area (Å²) in [5, 5.41) is 5.38. The van der Waals surface area contributed by atoms with Crippen molar-refractivity contribution in [1.82, 2.24) is 10.2 Å². The molecular weight excluding hydrogens is 406 g/mol. The van der Waals surface area contributed by atoms with Crippen LogP contribution >= 0.6 is 0 Å². The Hall–Kier alpha value is -3.61. The highest BCUT2D eigenvalue weighted by Crippen LogP contribution is 2.24. The van der Waals surface area contributed by atoms with Crippen molar-refractivity contribution >= 4 is 23.6 Å². The third-order valence-corrected chi connectivity index (χ3v) is 4.51. The summed E-state index contributed by atoms with van der Waals surface area (Å²) in [6.07, 6.45) is 0.840. The van der Waals surface area contributed by atoms with Gasteiger partial charge in [-0.2, -0.15) is 0 Å². The van der Waals surface area contributed by atoms with Crippen molar-refractivity contribution in [2.45, 2.75) is 39.3 Å². The lowest BCUT2D eigenvalue weighted by atomic mass is 10.0. The predicted molar refractivity (Wildman–Crippen MR) is 125 cm³/mol. The van der Waals surface area contributed by atoms with Crippen molar-refractivity contribution in [3.8, 4) is 0 Å². The highest BCUT2D eigenvalue weighted by molar-refractivity contribution is 5.98. The molecule has 0 radical (unpaired) electrons. The molecular formula is C25H31N3O4. The Balaban J connectivity index is 2.28. The Morgan fingerprint density at radius 3 is 2.28 bits per heavy atom. The molecule has 2 aromatic rings. The van der Waals surface area contributed by atoms with Gasteiger partial charge in [-0.05, 0) is 44.9 Å². The summed E-state index contributed by atoms with van der Waals surface area (Å²) in [5.41, 5.74) is 1.52. The number of hydrogen-bond acceptors (Lipinski definition) is 4. The number of anilines is 1. The number of aryl methyl sites for hydroxylation is 1. The minimum Gasteiger partial charge on any atom is -0.444 e. The van der Waals surface area contributed by atoms with Gasteiger partial charge < -0.3 is 20.3 Å². The molecule has 2 rings (SSSR count). The van der Waals surface area contributed by atoms with Crippen molar-refractivity contribution in [2.24, 2.45) is 0 Å². The van der Waals surface area contributed by atoms with Crippen molar-refractivity contribution in [1.29, 1.82) is 0 Å². The van der Waals surface area contributed by atoms with E-state index in [9.17, 15) is 14.4 Å². The summed E-state index contributed by atoms with van der Waals surface area (Å²) >= 11 is 0. The molecule has 3 amide bonds. The molecule has 32 heavy (non-hydrogen) atoms. The first-order valence-electron chi connectivity index (χ1n) is 10.4. The fourth-order valence-electron chi connectivity index (χ4n) is 3.08. The third-order valence-electron chi connectivity index (χ3n) is 4.51. The van der Waals surface area contributed by atoms with Crippen LogP contribution in [0.3, 0.4) is 0 Å². The maximum Gasteiger partial charge on any atom is 0.408 e. The first-order valence-corrected chi connectivity index (χ1v) is 10.4. The smallest absolute Gasteiger partial charge is 0.408 e. The molecule has 0 bridgehead atoms. The van der Waals surface area contributed by atoms with Gasteiger partial charge in [0, 0.05) is 12.2 Å². The maximum absolute atomic E-state index is 13.4. The number of amides is 3. The summed E-state index contributed by atoms with van der Waals surface area (Å²) in [4.78, 5) is 39.8. The van der Waals surface area contributed by atoms with Crippen LogP contribution in [0.4, 0.5) is 10.5 Å². The number of carbonyl (C=O) groups is 3. The van der Waals surface area contributed by atoms with E-state index in [-0.39, 0.29) is 19.0 Å². The van der Waals surface area contributed by atoms with Crippen molar-refractivity contribution in [3.05, 3.63) is 78.4 Å². The molecule has 1 atom stereocenters. The molecule has 170 valence electrons. The molecule has 1 unspecified atom stereocenters. The molecule has 0 saturated carbocycles. The van der Waals surface area contributed by atoms with E-state index in [0.29, 0.717) is 11.3 Å². The molecule has 0 aromatic heterocycles. The lowest BCUT2D eigenvalue weighted by molar-refractivity contribution is -0.137. The van der Waals surface area contributed by atoms with Gasteiger partial charge in [-0.3, -0.25) is 9.59 Å². The van der Waals surface area contributed by atoms with Gasteiger partial charge in [-0.15, -0.1) is 6.58 Å². The Morgan fingerprint density at radius 1 is 1.06 bits per heavy atom. The number of hydrogen-bond donors (Lipinski definition) is 2. The summed E-state index contributed by atoms with van der Waals surface area (Å²) in [6, 6.07) is 15.5. The van der Waals surface area contributed by atoms with Crippen LogP contribution < -0.4 is 10.6 Å². The topological polar surface area (TPSA) is 87.7 Å². The second-order valence-corrected chi connectivity index (χ2v) is 8.31. The van der Waals surface area contributed by atoms with E-state index >= 15 is 0 Å². The second-order valence-electron chi connectivity index (χ2n) is 8.31. The predicted octanol–water partition coefficient (Wildman–Crippen LogP) is 4.21. The molecule has 0 aliphatic heterocycles. The second kappa shape index (κ2) is 11.1. The highest BCUT2D eigenvalue weighted by Gasteiger charge is 2.31. The van der Waals surface area contributed by atoms with E-state index in [1.54, 1.807) is 57.2 Å². The van der Waals surface area contributed by atoms with Gasteiger partial charge in [0.05, 0.1) is 0 Å². The number of nitrogens with zero attached hydrogens (tertiary/aromatic N) is 1. The molecule has 7 nitrogen and oxygen atoms in total. The van der Waals surface area contributed by atoms with Crippen LogP contribution in [0.5, 0.6) is 0 Å². The van der Waals surface area contributed by atoms with Gasteiger partial charge in [-0.25, -0.2) is 4.79 Å². The van der Waals surface area contributed by atoms with Crippen molar-refractivity contribution in [2.75, 3.05) is 18.4 Å². The summed E-state index contributed by atoms with van der Waals surface area (Å²) in [6.45, 7) is 10.6. The van der Waals surface area contributed by atoms with Crippen LogP contribution in [0.1, 0.15) is 37.9 Å². The van der Waals surface area contributed by atoms with Gasteiger partial charge >= 0.3 is 6.09 Å². The minimum absolute atomic E-state index is 0.121. The molecule has 0 heterocycles. The first-order chi connectivity index (χ1) is 15.1.